The molecular formula is C13H19N3O. The lowest BCUT2D eigenvalue weighted by Gasteiger charge is -2.06. The maximum absolute atomic E-state index is 5.76. The highest BCUT2D eigenvalue weighted by Crippen LogP contribution is 2.19. The van der Waals surface area contributed by atoms with E-state index in [2.05, 4.69) is 11.9 Å². The number of ether oxygens (including phenoxy) is 1. The highest BCUT2D eigenvalue weighted by Gasteiger charge is 2.05. The van der Waals surface area contributed by atoms with Crippen LogP contribution in [0.3, 0.4) is 0 Å². The molecule has 0 aliphatic rings. The Labute approximate surface area is 101 Å². The van der Waals surface area contributed by atoms with E-state index in [1.165, 1.54) is 12.8 Å². The van der Waals surface area contributed by atoms with Crippen molar-refractivity contribution < 1.29 is 4.74 Å². The molecule has 2 aromatic rings. The zero-order valence-corrected chi connectivity index (χ0v) is 10.2. The number of hydrogen-bond acceptors (Lipinski definition) is 3. The van der Waals surface area contributed by atoms with Crippen LogP contribution in [0, 0.1) is 0 Å². The predicted octanol–water partition coefficient (Wildman–Crippen LogP) is 2.36. The Morgan fingerprint density at radius 3 is 3.06 bits per heavy atom. The molecule has 2 rings (SSSR count). The van der Waals surface area contributed by atoms with E-state index in [4.69, 9.17) is 10.5 Å². The summed E-state index contributed by atoms with van der Waals surface area (Å²) >= 11 is 0. The Balaban J connectivity index is 2.13. The second kappa shape index (κ2) is 5.68. The van der Waals surface area contributed by atoms with Crippen molar-refractivity contribution in [3.63, 3.8) is 0 Å². The van der Waals surface area contributed by atoms with Gasteiger partial charge in [-0.2, -0.15) is 0 Å². The fourth-order valence-electron chi connectivity index (χ4n) is 1.78. The van der Waals surface area contributed by atoms with Gasteiger partial charge >= 0.3 is 0 Å². The zero-order valence-electron chi connectivity index (χ0n) is 10.2. The Bertz CT molecular complexity index is 478. The van der Waals surface area contributed by atoms with Crippen LogP contribution >= 0.6 is 0 Å². The van der Waals surface area contributed by atoms with E-state index in [-0.39, 0.29) is 0 Å². The van der Waals surface area contributed by atoms with Crippen LogP contribution in [0.15, 0.2) is 24.5 Å². The largest absolute Gasteiger partial charge is 0.490 e. The fraction of sp³-hybridized carbons (Fsp3) is 0.462. The van der Waals surface area contributed by atoms with Gasteiger partial charge in [-0.25, -0.2) is 4.98 Å². The van der Waals surface area contributed by atoms with E-state index in [0.29, 0.717) is 6.54 Å². The number of nitrogens with two attached hydrogens (primary N) is 1. The molecule has 0 spiro atoms. The minimum Gasteiger partial charge on any atom is -0.490 e. The first-order chi connectivity index (χ1) is 8.35. The Kier molecular flexibility index (Phi) is 3.98. The summed E-state index contributed by atoms with van der Waals surface area (Å²) in [6, 6.07) is 3.92. The van der Waals surface area contributed by atoms with Crippen LogP contribution in [-0.2, 0) is 6.54 Å². The highest BCUT2D eigenvalue weighted by molar-refractivity contribution is 5.54. The average Bonchev–Trinajstić information content (AvgIpc) is 2.78. The van der Waals surface area contributed by atoms with E-state index in [9.17, 15) is 0 Å². The Morgan fingerprint density at radius 1 is 1.41 bits per heavy atom. The van der Waals surface area contributed by atoms with E-state index in [1.54, 1.807) is 0 Å². The summed E-state index contributed by atoms with van der Waals surface area (Å²) in [7, 11) is 0. The lowest BCUT2D eigenvalue weighted by atomic mass is 10.3. The van der Waals surface area contributed by atoms with Gasteiger partial charge in [0.25, 0.3) is 0 Å². The molecule has 2 heterocycles. The van der Waals surface area contributed by atoms with Crippen LogP contribution in [0.4, 0.5) is 0 Å². The van der Waals surface area contributed by atoms with Gasteiger partial charge < -0.3 is 14.9 Å². The molecule has 0 bridgehead atoms. The maximum atomic E-state index is 5.76. The van der Waals surface area contributed by atoms with Crippen molar-refractivity contribution in [3.8, 4) is 5.75 Å². The van der Waals surface area contributed by atoms with Gasteiger partial charge in [0.15, 0.2) is 11.4 Å². The molecule has 0 saturated heterocycles. The van der Waals surface area contributed by atoms with Crippen LogP contribution in [0.2, 0.25) is 0 Å². The second-order valence-corrected chi connectivity index (χ2v) is 4.10. The summed E-state index contributed by atoms with van der Waals surface area (Å²) in [5, 5.41) is 0. The van der Waals surface area contributed by atoms with Crippen LogP contribution in [-0.4, -0.2) is 16.0 Å². The molecule has 0 atom stereocenters. The van der Waals surface area contributed by atoms with Crippen molar-refractivity contribution in [1.82, 2.24) is 9.38 Å². The van der Waals surface area contributed by atoms with Gasteiger partial charge in [-0.1, -0.05) is 19.8 Å². The fourth-order valence-corrected chi connectivity index (χ4v) is 1.78. The summed E-state index contributed by atoms with van der Waals surface area (Å²) in [4.78, 5) is 4.44. The number of pyridine rings is 1. The molecule has 4 nitrogen and oxygen atoms in total. The molecule has 17 heavy (non-hydrogen) atoms. The molecule has 4 heteroatoms. The van der Waals surface area contributed by atoms with E-state index in [0.717, 1.165) is 30.1 Å². The standard InChI is InChI=1S/C13H19N3O/c1-2-3-4-8-17-12-6-5-7-16-10-11(9-14)15-13(12)16/h5-7,10H,2-4,8-9,14H2,1H3. The molecule has 0 saturated carbocycles. The zero-order chi connectivity index (χ0) is 12.1. The number of aromatic nitrogens is 2. The lowest BCUT2D eigenvalue weighted by molar-refractivity contribution is 0.308. The van der Waals surface area contributed by atoms with Crippen molar-refractivity contribution in [2.24, 2.45) is 5.73 Å². The molecule has 0 radical (unpaired) electrons. The molecule has 0 amide bonds. The predicted molar refractivity (Wildman–Crippen MR) is 68.1 cm³/mol. The average molecular weight is 233 g/mol. The number of rotatable bonds is 6. The highest BCUT2D eigenvalue weighted by atomic mass is 16.5. The van der Waals surface area contributed by atoms with Gasteiger partial charge in [0.2, 0.25) is 0 Å². The van der Waals surface area contributed by atoms with Gasteiger partial charge in [0, 0.05) is 18.9 Å². The minimum atomic E-state index is 0.455. The summed E-state index contributed by atoms with van der Waals surface area (Å²) in [6.07, 6.45) is 7.39. The summed E-state index contributed by atoms with van der Waals surface area (Å²) in [5.41, 5.74) is 7.32. The van der Waals surface area contributed by atoms with Crippen LogP contribution in [0.25, 0.3) is 5.65 Å². The first kappa shape index (κ1) is 11.9. The van der Waals surface area contributed by atoms with Crippen molar-refractivity contribution in [3.05, 3.63) is 30.2 Å². The van der Waals surface area contributed by atoms with Gasteiger partial charge in [-0.05, 0) is 18.6 Å². The molecular weight excluding hydrogens is 214 g/mol. The molecule has 92 valence electrons. The van der Waals surface area contributed by atoms with Gasteiger partial charge in [0.1, 0.15) is 0 Å². The van der Waals surface area contributed by atoms with Crippen molar-refractivity contribution in [2.75, 3.05) is 6.61 Å². The third kappa shape index (κ3) is 2.77. The van der Waals surface area contributed by atoms with Crippen LogP contribution < -0.4 is 10.5 Å². The molecule has 0 aromatic carbocycles. The van der Waals surface area contributed by atoms with E-state index in [1.807, 2.05) is 28.9 Å². The minimum absolute atomic E-state index is 0.455. The van der Waals surface area contributed by atoms with E-state index < -0.39 is 0 Å². The SMILES string of the molecule is CCCCCOc1cccn2cc(CN)nc12. The molecule has 2 aromatic heterocycles. The van der Waals surface area contributed by atoms with Crippen LogP contribution in [0.1, 0.15) is 31.9 Å². The first-order valence-corrected chi connectivity index (χ1v) is 6.14. The van der Waals surface area contributed by atoms with Crippen molar-refractivity contribution in [1.29, 1.82) is 0 Å². The van der Waals surface area contributed by atoms with Gasteiger partial charge in [-0.3, -0.25) is 0 Å². The normalized spacial score (nSPS) is 10.9. The monoisotopic (exact) mass is 233 g/mol. The Hall–Kier alpha value is -1.55. The first-order valence-electron chi connectivity index (χ1n) is 6.14. The van der Waals surface area contributed by atoms with E-state index >= 15 is 0 Å². The van der Waals surface area contributed by atoms with Crippen molar-refractivity contribution >= 4 is 5.65 Å². The molecule has 0 unspecified atom stereocenters. The smallest absolute Gasteiger partial charge is 0.179 e. The number of unbranched alkanes of at least 4 members (excludes halogenated alkanes) is 2. The van der Waals surface area contributed by atoms with Gasteiger partial charge in [-0.15, -0.1) is 0 Å². The topological polar surface area (TPSA) is 52.5 Å². The molecule has 0 aliphatic carbocycles. The van der Waals surface area contributed by atoms with Gasteiger partial charge in [0.05, 0.1) is 12.3 Å². The maximum Gasteiger partial charge on any atom is 0.179 e. The van der Waals surface area contributed by atoms with Crippen LogP contribution in [0.5, 0.6) is 5.75 Å². The molecule has 0 aliphatic heterocycles. The summed E-state index contributed by atoms with van der Waals surface area (Å²) in [6.45, 7) is 3.39. The lowest BCUT2D eigenvalue weighted by Crippen LogP contribution is -1.99. The molecule has 2 N–H and O–H groups in total. The number of nitrogens with zero attached hydrogens (tertiary/aromatic N) is 2. The molecule has 0 fully saturated rings. The Morgan fingerprint density at radius 2 is 2.29 bits per heavy atom. The summed E-state index contributed by atoms with van der Waals surface area (Å²) < 4.78 is 7.71. The number of hydrogen-bond donors (Lipinski definition) is 1. The number of fused-ring (bicyclic) bond motifs is 1. The van der Waals surface area contributed by atoms with Crippen molar-refractivity contribution in [2.45, 2.75) is 32.7 Å². The second-order valence-electron chi connectivity index (χ2n) is 4.10. The number of imidazole rings is 1. The quantitative estimate of drug-likeness (QED) is 0.779. The summed E-state index contributed by atoms with van der Waals surface area (Å²) in [5.74, 6) is 0.836. The third-order valence-electron chi connectivity index (χ3n) is 2.71. The third-order valence-corrected chi connectivity index (χ3v) is 2.71.